The molecule has 0 bridgehead atoms. The van der Waals surface area contributed by atoms with Crippen LogP contribution in [0.5, 0.6) is 0 Å². The monoisotopic (exact) mass is 463 g/mol. The molecule has 0 saturated heterocycles. The van der Waals surface area contributed by atoms with Gasteiger partial charge in [0.1, 0.15) is 6.10 Å². The molecule has 0 aromatic rings. The lowest BCUT2D eigenvalue weighted by molar-refractivity contribution is -0.0653. The molecule has 0 aliphatic heterocycles. The van der Waals surface area contributed by atoms with Crippen LogP contribution in [0, 0.1) is 40.4 Å². The van der Waals surface area contributed by atoms with Crippen molar-refractivity contribution in [3.8, 4) is 0 Å². The van der Waals surface area contributed by atoms with E-state index in [1.54, 1.807) is 0 Å². The lowest BCUT2D eigenvalue weighted by Gasteiger charge is -2.60. The van der Waals surface area contributed by atoms with Crippen molar-refractivity contribution < 1.29 is 9.53 Å². The fourth-order valence-electron chi connectivity index (χ4n) is 8.87. The first kappa shape index (κ1) is 24.6. The topological polar surface area (TPSA) is 52.3 Å². The molecule has 0 amide bonds. The summed E-state index contributed by atoms with van der Waals surface area (Å²) in [4.78, 5) is 11.3. The van der Waals surface area contributed by atoms with E-state index in [0.717, 1.165) is 42.9 Å². The van der Waals surface area contributed by atoms with Gasteiger partial charge in [-0.1, -0.05) is 59.1 Å². The number of hydrogen-bond donors (Lipinski definition) is 1. The van der Waals surface area contributed by atoms with E-state index in [9.17, 15) is 4.79 Å². The zero-order valence-corrected chi connectivity index (χ0v) is 21.8. The maximum atomic E-state index is 11.3. The predicted octanol–water partition coefficient (Wildman–Crippen LogP) is 7.85. The van der Waals surface area contributed by atoms with Crippen LogP contribution in [0.2, 0.25) is 0 Å². The van der Waals surface area contributed by atoms with Crippen LogP contribution in [0.15, 0.2) is 11.6 Å². The molecule has 3 fully saturated rings. The predicted molar refractivity (Wildman–Crippen MR) is 133 cm³/mol. The fraction of sp³-hybridized carbons (Fsp3) is 0.893. The molecule has 8 unspecified atom stereocenters. The molecular formula is C28H46ClNO2. The molecule has 3 saturated carbocycles. The van der Waals surface area contributed by atoms with E-state index in [0.29, 0.717) is 5.92 Å². The van der Waals surface area contributed by atoms with E-state index >= 15 is 0 Å². The van der Waals surface area contributed by atoms with Crippen molar-refractivity contribution in [1.29, 1.82) is 0 Å². The summed E-state index contributed by atoms with van der Waals surface area (Å²) in [5.74, 6) is 3.62. The van der Waals surface area contributed by atoms with Crippen molar-refractivity contribution in [2.75, 3.05) is 0 Å². The van der Waals surface area contributed by atoms with Gasteiger partial charge in [0, 0.05) is 23.6 Å². The molecule has 4 aliphatic rings. The molecule has 4 aliphatic carbocycles. The quantitative estimate of drug-likeness (QED) is 0.322. The maximum Gasteiger partial charge on any atom is 0.404 e. The van der Waals surface area contributed by atoms with Crippen LogP contribution in [-0.4, -0.2) is 17.1 Å². The van der Waals surface area contributed by atoms with Gasteiger partial charge in [-0.15, -0.1) is 0 Å². The zero-order chi connectivity index (χ0) is 23.3. The first-order valence-electron chi connectivity index (χ1n) is 13.4. The summed E-state index contributed by atoms with van der Waals surface area (Å²) >= 11 is 5.51. The van der Waals surface area contributed by atoms with Crippen molar-refractivity contribution in [3.05, 3.63) is 11.6 Å². The Hall–Kier alpha value is -0.540. The number of hydrogen-bond acceptors (Lipinski definition) is 3. The molecule has 182 valence electrons. The minimum absolute atomic E-state index is 0.0171. The molecule has 2 N–H and O–H groups in total. The Balaban J connectivity index is 1.51. The third-order valence-corrected chi connectivity index (χ3v) is 11.0. The normalized spacial score (nSPS) is 44.3. The van der Waals surface area contributed by atoms with Gasteiger partial charge in [0.05, 0.1) is 0 Å². The Kier molecular flexibility index (Phi) is 6.85. The molecule has 0 aromatic carbocycles. The van der Waals surface area contributed by atoms with Gasteiger partial charge in [0.25, 0.3) is 0 Å². The van der Waals surface area contributed by atoms with Crippen molar-refractivity contribution in [2.24, 2.45) is 46.2 Å². The van der Waals surface area contributed by atoms with Crippen molar-refractivity contribution >= 4 is 17.0 Å². The molecule has 0 spiro atoms. The molecule has 32 heavy (non-hydrogen) atoms. The van der Waals surface area contributed by atoms with E-state index in [1.807, 2.05) is 0 Å². The highest BCUT2D eigenvalue weighted by molar-refractivity contribution is 6.61. The van der Waals surface area contributed by atoms with Gasteiger partial charge in [-0.05, 0) is 91.8 Å². The Morgan fingerprint density at radius 3 is 2.53 bits per heavy atom. The summed E-state index contributed by atoms with van der Waals surface area (Å²) in [7, 11) is 0. The van der Waals surface area contributed by atoms with Crippen LogP contribution in [0.4, 0.5) is 4.79 Å². The van der Waals surface area contributed by atoms with Crippen molar-refractivity contribution in [3.63, 3.8) is 0 Å². The van der Waals surface area contributed by atoms with Gasteiger partial charge in [-0.25, -0.2) is 4.79 Å². The van der Waals surface area contributed by atoms with E-state index < -0.39 is 5.43 Å². The van der Waals surface area contributed by atoms with E-state index in [2.05, 4.69) is 40.7 Å². The van der Waals surface area contributed by atoms with Crippen molar-refractivity contribution in [1.82, 2.24) is 0 Å². The first-order valence-corrected chi connectivity index (χ1v) is 13.7. The first-order chi connectivity index (χ1) is 15.0. The summed E-state index contributed by atoms with van der Waals surface area (Å²) < 4.78 is 5.38. The molecule has 4 heteroatoms. The standard InChI is InChI=1S/C28H46ClNO2/c1-18(2)7-6-8-19(3)28(30)16-13-24-22-10-9-20-17-21(32-25(29)31)11-14-26(20,4)23(22)12-15-27(24,28)5/h9,18-19,21-24H,6-8,10-17,30H2,1-5H3. The second-order valence-corrected chi connectivity index (χ2v) is 13.0. The van der Waals surface area contributed by atoms with Gasteiger partial charge < -0.3 is 10.5 Å². The number of allylic oxidation sites excluding steroid dienone is 1. The van der Waals surface area contributed by atoms with Crippen LogP contribution in [0.3, 0.4) is 0 Å². The van der Waals surface area contributed by atoms with Crippen molar-refractivity contribution in [2.45, 2.75) is 117 Å². The summed E-state index contributed by atoms with van der Waals surface area (Å²) in [5.41, 5.74) is 8.75. The van der Waals surface area contributed by atoms with Crippen LogP contribution < -0.4 is 5.73 Å². The SMILES string of the molecule is CC(C)CCCC(C)C1(N)CCC2C3CC=C4CC(OC(=O)Cl)CCC4(C)C3CCC21C. The fourth-order valence-corrected chi connectivity index (χ4v) is 8.99. The van der Waals surface area contributed by atoms with Crippen LogP contribution in [0.25, 0.3) is 0 Å². The van der Waals surface area contributed by atoms with Crippen LogP contribution in [0.1, 0.15) is 105 Å². The molecule has 3 nitrogen and oxygen atoms in total. The number of carbonyl (C=O) groups excluding carboxylic acids is 1. The van der Waals surface area contributed by atoms with E-state index in [4.69, 9.17) is 22.1 Å². The number of halogens is 1. The van der Waals surface area contributed by atoms with Gasteiger partial charge >= 0.3 is 5.43 Å². The Labute approximate surface area is 201 Å². The van der Waals surface area contributed by atoms with Crippen LogP contribution >= 0.6 is 11.6 Å². The molecule has 0 heterocycles. The Morgan fingerprint density at radius 2 is 1.84 bits per heavy atom. The number of rotatable bonds is 6. The summed E-state index contributed by atoms with van der Waals surface area (Å²) in [6, 6.07) is 0. The molecule has 0 aromatic heterocycles. The number of nitrogens with two attached hydrogens (primary N) is 1. The van der Waals surface area contributed by atoms with Gasteiger partial charge in [-0.2, -0.15) is 0 Å². The molecule has 0 radical (unpaired) electrons. The summed E-state index contributed by atoms with van der Waals surface area (Å²) in [6.07, 6.45) is 15.5. The minimum atomic E-state index is -0.658. The van der Waals surface area contributed by atoms with Gasteiger partial charge in [0.15, 0.2) is 0 Å². The molecular weight excluding hydrogens is 418 g/mol. The molecule has 8 atom stereocenters. The third-order valence-electron chi connectivity index (χ3n) is 10.9. The number of carbonyl (C=O) groups is 1. The average Bonchev–Trinajstić information content (AvgIpc) is 3.00. The largest absolute Gasteiger partial charge is 0.450 e. The highest BCUT2D eigenvalue weighted by Crippen LogP contribution is 2.68. The highest BCUT2D eigenvalue weighted by Gasteiger charge is 2.63. The summed E-state index contributed by atoms with van der Waals surface area (Å²) in [6.45, 7) is 12.2. The number of ether oxygens (including phenoxy) is 1. The lowest BCUT2D eigenvalue weighted by atomic mass is 9.46. The second kappa shape index (κ2) is 8.91. The lowest BCUT2D eigenvalue weighted by Crippen LogP contribution is -2.60. The third kappa shape index (κ3) is 3.98. The van der Waals surface area contributed by atoms with Gasteiger partial charge in [0.2, 0.25) is 0 Å². The zero-order valence-electron chi connectivity index (χ0n) is 21.1. The Bertz CT molecular complexity index is 750. The van der Waals surface area contributed by atoms with Crippen LogP contribution in [-0.2, 0) is 4.74 Å². The van der Waals surface area contributed by atoms with E-state index in [1.165, 1.54) is 56.9 Å². The molecule has 4 rings (SSSR count). The minimum Gasteiger partial charge on any atom is -0.450 e. The van der Waals surface area contributed by atoms with E-state index in [-0.39, 0.29) is 22.5 Å². The average molecular weight is 464 g/mol. The second-order valence-electron chi connectivity index (χ2n) is 12.7. The van der Waals surface area contributed by atoms with Gasteiger partial charge in [-0.3, -0.25) is 0 Å². The highest BCUT2D eigenvalue weighted by atomic mass is 35.5. The number of fused-ring (bicyclic) bond motifs is 5. The maximum absolute atomic E-state index is 11.3. The Morgan fingerprint density at radius 1 is 1.12 bits per heavy atom. The smallest absolute Gasteiger partial charge is 0.404 e. The summed E-state index contributed by atoms with van der Waals surface area (Å²) in [5, 5.41) is 0.